The number of allylic oxidation sites excluding steroid dienone is 1. The van der Waals surface area contributed by atoms with Crippen molar-refractivity contribution in [1.82, 2.24) is 40.8 Å². The standard InChI is InChI=1S/C21H19N9O2/c1-3-32-20(31)17-12(2)22-21-25-28-29-30(21)18(17)16-10-5-4-9-15(16)13-7-6-8-14(11-13)19-23-26-27-24-19/h4-11,18H,3H2,1-2H3,(H,22,25,29)(H,23,24,26,27). The summed E-state index contributed by atoms with van der Waals surface area (Å²) in [5, 5.41) is 29.2. The molecular weight excluding hydrogens is 410 g/mol. The summed E-state index contributed by atoms with van der Waals surface area (Å²) in [5.74, 6) is 0.605. The summed E-state index contributed by atoms with van der Waals surface area (Å²) >= 11 is 0. The summed E-state index contributed by atoms with van der Waals surface area (Å²) < 4.78 is 6.96. The van der Waals surface area contributed by atoms with Crippen molar-refractivity contribution in [3.8, 4) is 22.5 Å². The van der Waals surface area contributed by atoms with Crippen LogP contribution in [0.5, 0.6) is 0 Å². The number of nitrogens with zero attached hydrogens (tertiary/aromatic N) is 7. The molecular formula is C21H19N9O2. The van der Waals surface area contributed by atoms with Gasteiger partial charge in [-0.15, -0.1) is 5.10 Å². The number of carbonyl (C=O) groups excluding carboxylic acids is 1. The third kappa shape index (κ3) is 3.29. The molecule has 0 amide bonds. The van der Waals surface area contributed by atoms with Crippen molar-refractivity contribution < 1.29 is 9.53 Å². The molecule has 0 radical (unpaired) electrons. The molecule has 3 heterocycles. The zero-order chi connectivity index (χ0) is 22.1. The van der Waals surface area contributed by atoms with Gasteiger partial charge in [0.2, 0.25) is 5.95 Å². The summed E-state index contributed by atoms with van der Waals surface area (Å²) in [5.41, 5.74) is 4.65. The lowest BCUT2D eigenvalue weighted by Crippen LogP contribution is -2.30. The molecule has 1 aliphatic rings. The van der Waals surface area contributed by atoms with E-state index in [1.54, 1.807) is 11.6 Å². The Morgan fingerprint density at radius 3 is 2.75 bits per heavy atom. The average molecular weight is 429 g/mol. The van der Waals surface area contributed by atoms with E-state index in [1.807, 2.05) is 55.5 Å². The Balaban J connectivity index is 1.68. The van der Waals surface area contributed by atoms with Crippen molar-refractivity contribution >= 4 is 11.9 Å². The lowest BCUT2D eigenvalue weighted by molar-refractivity contribution is -0.139. The van der Waals surface area contributed by atoms with Crippen LogP contribution in [0, 0.1) is 0 Å². The molecule has 1 aliphatic heterocycles. The molecule has 11 nitrogen and oxygen atoms in total. The maximum atomic E-state index is 13.0. The molecule has 0 saturated carbocycles. The quantitative estimate of drug-likeness (QED) is 0.458. The van der Waals surface area contributed by atoms with Gasteiger partial charge in [0.25, 0.3) is 0 Å². The molecule has 32 heavy (non-hydrogen) atoms. The number of anilines is 1. The van der Waals surface area contributed by atoms with Crippen molar-refractivity contribution in [2.24, 2.45) is 0 Å². The topological polar surface area (TPSA) is 136 Å². The molecule has 2 aromatic carbocycles. The highest BCUT2D eigenvalue weighted by Gasteiger charge is 2.36. The number of nitrogens with one attached hydrogen (secondary N) is 2. The summed E-state index contributed by atoms with van der Waals surface area (Å²) in [4.78, 5) is 13.0. The molecule has 4 aromatic rings. The Bertz CT molecular complexity index is 1310. The maximum Gasteiger partial charge on any atom is 0.338 e. The van der Waals surface area contributed by atoms with Gasteiger partial charge in [0, 0.05) is 11.3 Å². The molecule has 11 heteroatoms. The lowest BCUT2D eigenvalue weighted by Gasteiger charge is -2.28. The molecule has 2 N–H and O–H groups in total. The highest BCUT2D eigenvalue weighted by Crippen LogP contribution is 2.39. The fraction of sp³-hybridized carbons (Fsp3) is 0.190. The smallest absolute Gasteiger partial charge is 0.338 e. The van der Waals surface area contributed by atoms with Gasteiger partial charge >= 0.3 is 5.97 Å². The van der Waals surface area contributed by atoms with Crippen LogP contribution in [0.2, 0.25) is 0 Å². The summed E-state index contributed by atoms with van der Waals surface area (Å²) in [6, 6.07) is 15.1. The zero-order valence-electron chi connectivity index (χ0n) is 17.4. The van der Waals surface area contributed by atoms with Crippen LogP contribution >= 0.6 is 0 Å². The van der Waals surface area contributed by atoms with Crippen LogP contribution in [-0.4, -0.2) is 53.4 Å². The van der Waals surface area contributed by atoms with E-state index in [0.717, 1.165) is 22.3 Å². The number of carbonyl (C=O) groups is 1. The number of rotatable bonds is 5. The fourth-order valence-corrected chi connectivity index (χ4v) is 3.89. The Morgan fingerprint density at radius 2 is 1.94 bits per heavy atom. The number of aromatic nitrogens is 8. The second-order valence-electron chi connectivity index (χ2n) is 7.15. The molecule has 0 bridgehead atoms. The summed E-state index contributed by atoms with van der Waals surface area (Å²) in [6.07, 6.45) is 0. The van der Waals surface area contributed by atoms with Gasteiger partial charge in [0.05, 0.1) is 12.2 Å². The molecule has 0 aliphatic carbocycles. The lowest BCUT2D eigenvalue weighted by atomic mass is 9.89. The number of hydrogen-bond acceptors (Lipinski definition) is 9. The van der Waals surface area contributed by atoms with E-state index >= 15 is 0 Å². The number of aromatic amines is 1. The van der Waals surface area contributed by atoms with E-state index in [2.05, 4.69) is 41.5 Å². The second kappa shape index (κ2) is 8.02. The van der Waals surface area contributed by atoms with Crippen LogP contribution in [0.4, 0.5) is 5.95 Å². The first-order valence-electron chi connectivity index (χ1n) is 10.0. The van der Waals surface area contributed by atoms with Crippen LogP contribution in [0.3, 0.4) is 0 Å². The van der Waals surface area contributed by atoms with Crippen LogP contribution < -0.4 is 5.32 Å². The maximum absolute atomic E-state index is 13.0. The molecule has 0 saturated heterocycles. The van der Waals surface area contributed by atoms with Crippen molar-refractivity contribution in [2.75, 3.05) is 11.9 Å². The number of tetrazole rings is 2. The number of H-pyrrole nitrogens is 1. The van der Waals surface area contributed by atoms with Crippen LogP contribution in [0.15, 0.2) is 59.8 Å². The molecule has 1 atom stereocenters. The first-order chi connectivity index (χ1) is 15.7. The Morgan fingerprint density at radius 1 is 1.09 bits per heavy atom. The van der Waals surface area contributed by atoms with E-state index in [0.29, 0.717) is 23.0 Å². The fourth-order valence-electron chi connectivity index (χ4n) is 3.89. The first-order valence-corrected chi connectivity index (χ1v) is 10.0. The molecule has 2 aromatic heterocycles. The highest BCUT2D eigenvalue weighted by molar-refractivity contribution is 5.93. The summed E-state index contributed by atoms with van der Waals surface area (Å²) in [6.45, 7) is 3.86. The van der Waals surface area contributed by atoms with Crippen LogP contribution in [-0.2, 0) is 9.53 Å². The largest absolute Gasteiger partial charge is 0.463 e. The Hall–Kier alpha value is -4.41. The van der Waals surface area contributed by atoms with Crippen molar-refractivity contribution in [1.29, 1.82) is 0 Å². The van der Waals surface area contributed by atoms with Crippen molar-refractivity contribution in [3.05, 3.63) is 65.4 Å². The number of ether oxygens (including phenoxy) is 1. The van der Waals surface area contributed by atoms with Gasteiger partial charge in [-0.1, -0.05) is 47.6 Å². The third-order valence-electron chi connectivity index (χ3n) is 5.26. The first kappa shape index (κ1) is 19.5. The number of fused-ring (bicyclic) bond motifs is 1. The van der Waals surface area contributed by atoms with Gasteiger partial charge < -0.3 is 10.1 Å². The number of benzene rings is 2. The minimum Gasteiger partial charge on any atom is -0.463 e. The van der Waals surface area contributed by atoms with Gasteiger partial charge in [-0.3, -0.25) is 0 Å². The predicted molar refractivity (Wildman–Crippen MR) is 114 cm³/mol. The molecule has 160 valence electrons. The molecule has 5 rings (SSSR count). The minimum atomic E-state index is -0.563. The van der Waals surface area contributed by atoms with Crippen LogP contribution in [0.1, 0.15) is 25.5 Å². The van der Waals surface area contributed by atoms with Gasteiger partial charge in [-0.25, -0.2) is 9.89 Å². The van der Waals surface area contributed by atoms with Gasteiger partial charge in [0.1, 0.15) is 6.04 Å². The van der Waals surface area contributed by atoms with E-state index in [9.17, 15) is 4.79 Å². The summed E-state index contributed by atoms with van der Waals surface area (Å²) in [7, 11) is 0. The number of hydrogen-bond donors (Lipinski definition) is 2. The van der Waals surface area contributed by atoms with Crippen molar-refractivity contribution in [3.63, 3.8) is 0 Å². The molecule has 0 spiro atoms. The van der Waals surface area contributed by atoms with Crippen molar-refractivity contribution in [2.45, 2.75) is 19.9 Å². The van der Waals surface area contributed by atoms with E-state index < -0.39 is 12.0 Å². The number of esters is 1. The SMILES string of the molecule is CCOC(=O)C1=C(C)Nc2nnnn2C1c1ccccc1-c1cccc(-c2nnn[nH]2)c1. The Labute approximate surface area is 182 Å². The van der Waals surface area contributed by atoms with Gasteiger partial charge in [-0.2, -0.15) is 4.68 Å². The normalized spacial score (nSPS) is 15.2. The minimum absolute atomic E-state index is 0.264. The zero-order valence-corrected chi connectivity index (χ0v) is 17.4. The molecule has 1 unspecified atom stereocenters. The highest BCUT2D eigenvalue weighted by atomic mass is 16.5. The molecule has 0 fully saturated rings. The van der Waals surface area contributed by atoms with E-state index in [1.165, 1.54) is 0 Å². The van der Waals surface area contributed by atoms with E-state index in [-0.39, 0.29) is 6.61 Å². The monoisotopic (exact) mass is 429 g/mol. The van der Waals surface area contributed by atoms with Gasteiger partial charge in [0.15, 0.2) is 5.82 Å². The van der Waals surface area contributed by atoms with Gasteiger partial charge in [-0.05, 0) is 57.5 Å². The van der Waals surface area contributed by atoms with Crippen LogP contribution in [0.25, 0.3) is 22.5 Å². The third-order valence-corrected chi connectivity index (χ3v) is 5.26. The second-order valence-corrected chi connectivity index (χ2v) is 7.15. The predicted octanol–water partition coefficient (Wildman–Crippen LogP) is 2.37. The average Bonchev–Trinajstić information content (AvgIpc) is 3.51. The Kier molecular flexibility index (Phi) is 4.90. The van der Waals surface area contributed by atoms with E-state index in [4.69, 9.17) is 4.74 Å².